The molecule has 0 aliphatic carbocycles. The van der Waals surface area contributed by atoms with Gasteiger partial charge in [0, 0.05) is 23.8 Å². The van der Waals surface area contributed by atoms with Crippen molar-refractivity contribution in [3.63, 3.8) is 0 Å². The summed E-state index contributed by atoms with van der Waals surface area (Å²) in [5.74, 6) is 1.43. The van der Waals surface area contributed by atoms with Crippen LogP contribution in [-0.4, -0.2) is 26.6 Å². The highest BCUT2D eigenvalue weighted by Crippen LogP contribution is 2.37. The molecule has 3 rings (SSSR count). The lowest BCUT2D eigenvalue weighted by Gasteiger charge is -2.16. The molecule has 0 saturated heterocycles. The number of rotatable bonds is 9. The summed E-state index contributed by atoms with van der Waals surface area (Å²) in [6.07, 6.45) is 0.829. The molecule has 3 aromatic rings. The fraction of sp³-hybridized carbons (Fsp3) is 0.174. The van der Waals surface area contributed by atoms with E-state index in [0.717, 1.165) is 28.7 Å². The highest BCUT2D eigenvalue weighted by molar-refractivity contribution is 5.83. The lowest BCUT2D eigenvalue weighted by molar-refractivity contribution is 0.112. The van der Waals surface area contributed by atoms with Gasteiger partial charge in [-0.05, 0) is 29.8 Å². The molecule has 4 nitrogen and oxygen atoms in total. The fourth-order valence-electron chi connectivity index (χ4n) is 2.74. The Labute approximate surface area is 159 Å². The molecular formula is C23H22O4. The molecule has 0 bridgehead atoms. The smallest absolute Gasteiger partial charge is 0.150 e. The van der Waals surface area contributed by atoms with Gasteiger partial charge >= 0.3 is 0 Å². The number of hydrogen-bond donors (Lipinski definition) is 0. The van der Waals surface area contributed by atoms with Crippen molar-refractivity contribution < 1.29 is 19.0 Å². The summed E-state index contributed by atoms with van der Waals surface area (Å²) in [6, 6.07) is 23.1. The second kappa shape index (κ2) is 9.55. The Bertz CT molecular complexity index is 875. The number of ether oxygens (including phenoxy) is 3. The van der Waals surface area contributed by atoms with Crippen molar-refractivity contribution in [1.82, 2.24) is 0 Å². The maximum absolute atomic E-state index is 11.3. The number of aldehydes is 1. The molecule has 0 atom stereocenters. The van der Waals surface area contributed by atoms with E-state index < -0.39 is 0 Å². The molecule has 0 heterocycles. The predicted octanol–water partition coefficient (Wildman–Crippen LogP) is 4.77. The Morgan fingerprint density at radius 2 is 1.52 bits per heavy atom. The van der Waals surface area contributed by atoms with Gasteiger partial charge in [-0.1, -0.05) is 48.5 Å². The number of para-hydroxylation sites is 1. The standard InChI is InChI=1S/C23H22O4/c1-25-13-14-26-23-12-11-19(16-24)15-21(23)20-9-5-6-10-22(20)27-17-18-7-3-2-4-8-18/h2-12,15-16H,13-14,17H2,1H3. The fourth-order valence-corrected chi connectivity index (χ4v) is 2.74. The van der Waals surface area contributed by atoms with Crippen molar-refractivity contribution in [2.45, 2.75) is 6.61 Å². The number of benzene rings is 3. The lowest BCUT2D eigenvalue weighted by atomic mass is 10.0. The molecule has 0 aliphatic heterocycles. The van der Waals surface area contributed by atoms with E-state index in [4.69, 9.17) is 14.2 Å². The van der Waals surface area contributed by atoms with Crippen LogP contribution in [0.25, 0.3) is 11.1 Å². The average molecular weight is 362 g/mol. The van der Waals surface area contributed by atoms with E-state index in [1.54, 1.807) is 13.2 Å². The summed E-state index contributed by atoms with van der Waals surface area (Å²) in [5, 5.41) is 0. The van der Waals surface area contributed by atoms with Gasteiger partial charge in [-0.25, -0.2) is 0 Å². The van der Waals surface area contributed by atoms with Crippen molar-refractivity contribution in [2.75, 3.05) is 20.3 Å². The van der Waals surface area contributed by atoms with Gasteiger partial charge in [0.05, 0.1) is 6.61 Å². The molecule has 0 radical (unpaired) electrons. The van der Waals surface area contributed by atoms with Gasteiger partial charge in [0.1, 0.15) is 31.0 Å². The molecule has 3 aromatic carbocycles. The Morgan fingerprint density at radius 1 is 0.778 bits per heavy atom. The average Bonchev–Trinajstić information content (AvgIpc) is 2.73. The van der Waals surface area contributed by atoms with Crippen molar-refractivity contribution in [1.29, 1.82) is 0 Å². The SMILES string of the molecule is COCCOc1ccc(C=O)cc1-c1ccccc1OCc1ccccc1. The van der Waals surface area contributed by atoms with Crippen LogP contribution in [0.4, 0.5) is 0 Å². The van der Waals surface area contributed by atoms with E-state index in [2.05, 4.69) is 0 Å². The van der Waals surface area contributed by atoms with Crippen LogP contribution in [0, 0.1) is 0 Å². The molecule has 0 spiro atoms. The Balaban J connectivity index is 1.91. The second-order valence-corrected chi connectivity index (χ2v) is 5.99. The summed E-state index contributed by atoms with van der Waals surface area (Å²) in [6.45, 7) is 1.38. The van der Waals surface area contributed by atoms with Gasteiger partial charge in [-0.15, -0.1) is 0 Å². The molecule has 0 amide bonds. The van der Waals surface area contributed by atoms with Crippen molar-refractivity contribution >= 4 is 6.29 Å². The molecule has 0 aliphatic rings. The van der Waals surface area contributed by atoms with Gasteiger partial charge in [-0.2, -0.15) is 0 Å². The summed E-state index contributed by atoms with van der Waals surface area (Å²) in [4.78, 5) is 11.3. The topological polar surface area (TPSA) is 44.8 Å². The van der Waals surface area contributed by atoms with E-state index >= 15 is 0 Å². The second-order valence-electron chi connectivity index (χ2n) is 5.99. The first-order valence-electron chi connectivity index (χ1n) is 8.79. The maximum atomic E-state index is 11.3. The van der Waals surface area contributed by atoms with Gasteiger partial charge < -0.3 is 14.2 Å². The van der Waals surface area contributed by atoms with E-state index in [9.17, 15) is 4.79 Å². The molecule has 0 fully saturated rings. The highest BCUT2D eigenvalue weighted by Gasteiger charge is 2.13. The van der Waals surface area contributed by atoms with Crippen LogP contribution >= 0.6 is 0 Å². The zero-order valence-electron chi connectivity index (χ0n) is 15.3. The largest absolute Gasteiger partial charge is 0.491 e. The van der Waals surface area contributed by atoms with E-state index in [1.165, 1.54) is 0 Å². The molecule has 0 unspecified atom stereocenters. The quantitative estimate of drug-likeness (QED) is 0.406. The molecule has 138 valence electrons. The predicted molar refractivity (Wildman–Crippen MR) is 105 cm³/mol. The summed E-state index contributed by atoms with van der Waals surface area (Å²) >= 11 is 0. The van der Waals surface area contributed by atoms with Crippen LogP contribution in [0.15, 0.2) is 72.8 Å². The lowest BCUT2D eigenvalue weighted by Crippen LogP contribution is -2.05. The molecule has 0 saturated carbocycles. The van der Waals surface area contributed by atoms with E-state index in [0.29, 0.717) is 31.1 Å². The highest BCUT2D eigenvalue weighted by atomic mass is 16.5. The number of carbonyl (C=O) groups excluding carboxylic acids is 1. The minimum Gasteiger partial charge on any atom is -0.491 e. The van der Waals surface area contributed by atoms with Crippen molar-refractivity contribution in [2.24, 2.45) is 0 Å². The van der Waals surface area contributed by atoms with E-state index in [-0.39, 0.29) is 0 Å². The molecule has 0 aromatic heterocycles. The first-order valence-corrected chi connectivity index (χ1v) is 8.79. The monoisotopic (exact) mass is 362 g/mol. The maximum Gasteiger partial charge on any atom is 0.150 e. The van der Waals surface area contributed by atoms with Gasteiger partial charge in [0.25, 0.3) is 0 Å². The Kier molecular flexibility index (Phi) is 6.61. The third kappa shape index (κ3) is 4.96. The van der Waals surface area contributed by atoms with Crippen molar-refractivity contribution in [3.05, 3.63) is 83.9 Å². The molecule has 4 heteroatoms. The van der Waals surface area contributed by atoms with Crippen LogP contribution in [0.5, 0.6) is 11.5 Å². The third-order valence-electron chi connectivity index (χ3n) is 4.10. The summed E-state index contributed by atoms with van der Waals surface area (Å²) < 4.78 is 17.0. The van der Waals surface area contributed by atoms with Gasteiger partial charge in [-0.3, -0.25) is 4.79 Å². The van der Waals surface area contributed by atoms with Crippen LogP contribution in [-0.2, 0) is 11.3 Å². The molecular weight excluding hydrogens is 340 g/mol. The minimum atomic E-state index is 0.428. The normalized spacial score (nSPS) is 10.4. The van der Waals surface area contributed by atoms with Gasteiger partial charge in [0.15, 0.2) is 0 Å². The summed E-state index contributed by atoms with van der Waals surface area (Å²) in [7, 11) is 1.63. The summed E-state index contributed by atoms with van der Waals surface area (Å²) in [5.41, 5.74) is 3.37. The number of methoxy groups -OCH3 is 1. The zero-order chi connectivity index (χ0) is 18.9. The van der Waals surface area contributed by atoms with Gasteiger partial charge in [0.2, 0.25) is 0 Å². The van der Waals surface area contributed by atoms with Crippen LogP contribution < -0.4 is 9.47 Å². The number of carbonyl (C=O) groups is 1. The Hall–Kier alpha value is -3.11. The first kappa shape index (κ1) is 18.7. The van der Waals surface area contributed by atoms with Crippen LogP contribution in [0.3, 0.4) is 0 Å². The van der Waals surface area contributed by atoms with Crippen LogP contribution in [0.2, 0.25) is 0 Å². The first-order chi connectivity index (χ1) is 13.3. The zero-order valence-corrected chi connectivity index (χ0v) is 15.3. The number of hydrogen-bond acceptors (Lipinski definition) is 4. The van der Waals surface area contributed by atoms with E-state index in [1.807, 2.05) is 66.7 Å². The third-order valence-corrected chi connectivity index (χ3v) is 4.10. The Morgan fingerprint density at radius 3 is 2.30 bits per heavy atom. The molecule has 27 heavy (non-hydrogen) atoms. The van der Waals surface area contributed by atoms with Crippen LogP contribution in [0.1, 0.15) is 15.9 Å². The molecule has 0 N–H and O–H groups in total. The minimum absolute atomic E-state index is 0.428. The van der Waals surface area contributed by atoms with Crippen molar-refractivity contribution in [3.8, 4) is 22.6 Å².